The van der Waals surface area contributed by atoms with Crippen LogP contribution in [0.4, 0.5) is 10.5 Å². The number of rotatable bonds is 8. The number of nitrogens with zero attached hydrogens (tertiary/aromatic N) is 1. The average molecular weight is 452 g/mol. The van der Waals surface area contributed by atoms with Crippen molar-refractivity contribution in [3.8, 4) is 5.75 Å². The zero-order valence-electron chi connectivity index (χ0n) is 19.3. The van der Waals surface area contributed by atoms with E-state index in [1.807, 2.05) is 6.92 Å². The summed E-state index contributed by atoms with van der Waals surface area (Å²) >= 11 is 0. The molecule has 1 heterocycles. The number of benzene rings is 2. The molecular formula is C25H29N3O5. The molecule has 0 radical (unpaired) electrons. The van der Waals surface area contributed by atoms with Crippen molar-refractivity contribution in [2.75, 3.05) is 25.6 Å². The number of esters is 1. The fourth-order valence-corrected chi connectivity index (χ4v) is 3.72. The minimum atomic E-state index is -0.646. The second kappa shape index (κ2) is 10.7. The summed E-state index contributed by atoms with van der Waals surface area (Å²) in [6, 6.07) is 13.0. The van der Waals surface area contributed by atoms with Gasteiger partial charge in [0.05, 0.1) is 25.3 Å². The van der Waals surface area contributed by atoms with E-state index in [1.54, 1.807) is 74.4 Å². The van der Waals surface area contributed by atoms with Crippen molar-refractivity contribution < 1.29 is 23.9 Å². The van der Waals surface area contributed by atoms with Crippen LogP contribution in [-0.4, -0.2) is 43.1 Å². The molecule has 33 heavy (non-hydrogen) atoms. The lowest BCUT2D eigenvalue weighted by molar-refractivity contribution is -0.139. The van der Waals surface area contributed by atoms with Gasteiger partial charge >= 0.3 is 12.0 Å². The van der Waals surface area contributed by atoms with E-state index in [0.717, 1.165) is 6.42 Å². The van der Waals surface area contributed by atoms with Crippen LogP contribution in [0.15, 0.2) is 59.8 Å². The number of amides is 3. The maximum atomic E-state index is 12.7. The van der Waals surface area contributed by atoms with Crippen LogP contribution in [0, 0.1) is 0 Å². The van der Waals surface area contributed by atoms with Crippen molar-refractivity contribution in [2.24, 2.45) is 0 Å². The Balaban J connectivity index is 1.85. The van der Waals surface area contributed by atoms with Gasteiger partial charge in [0.25, 0.3) is 5.91 Å². The van der Waals surface area contributed by atoms with Gasteiger partial charge in [0, 0.05) is 23.5 Å². The van der Waals surface area contributed by atoms with Crippen LogP contribution in [0.5, 0.6) is 5.75 Å². The molecule has 0 spiro atoms. The van der Waals surface area contributed by atoms with E-state index in [-0.39, 0.29) is 18.5 Å². The van der Waals surface area contributed by atoms with Gasteiger partial charge in [0.15, 0.2) is 0 Å². The third-order valence-corrected chi connectivity index (χ3v) is 5.37. The second-order valence-electron chi connectivity index (χ2n) is 7.56. The molecule has 0 aliphatic carbocycles. The third kappa shape index (κ3) is 5.34. The molecule has 174 valence electrons. The Hall–Kier alpha value is -3.81. The average Bonchev–Trinajstić information content (AvgIpc) is 2.82. The maximum Gasteiger partial charge on any atom is 0.338 e. The minimum Gasteiger partial charge on any atom is -0.497 e. The van der Waals surface area contributed by atoms with Gasteiger partial charge in [-0.05, 0) is 56.2 Å². The minimum absolute atomic E-state index is 0.235. The van der Waals surface area contributed by atoms with Crippen LogP contribution < -0.4 is 15.4 Å². The molecule has 2 aromatic carbocycles. The predicted molar refractivity (Wildman–Crippen MR) is 125 cm³/mol. The maximum absolute atomic E-state index is 12.7. The van der Waals surface area contributed by atoms with Crippen LogP contribution >= 0.6 is 0 Å². The van der Waals surface area contributed by atoms with Crippen LogP contribution in [0.25, 0.3) is 0 Å². The highest BCUT2D eigenvalue weighted by Gasteiger charge is 2.36. The van der Waals surface area contributed by atoms with Gasteiger partial charge in [0.1, 0.15) is 5.75 Å². The van der Waals surface area contributed by atoms with E-state index in [9.17, 15) is 14.4 Å². The number of hydrogen-bond acceptors (Lipinski definition) is 5. The van der Waals surface area contributed by atoms with Gasteiger partial charge in [-0.25, -0.2) is 9.59 Å². The van der Waals surface area contributed by atoms with Crippen LogP contribution in [-0.2, 0) is 9.53 Å². The summed E-state index contributed by atoms with van der Waals surface area (Å²) in [5.41, 5.74) is 2.75. The van der Waals surface area contributed by atoms with E-state index in [0.29, 0.717) is 40.4 Å². The normalized spacial score (nSPS) is 15.7. The number of urea groups is 1. The molecular weight excluding hydrogens is 422 g/mol. The number of anilines is 1. The third-order valence-electron chi connectivity index (χ3n) is 5.37. The van der Waals surface area contributed by atoms with Crippen molar-refractivity contribution in [2.45, 2.75) is 33.2 Å². The van der Waals surface area contributed by atoms with E-state index < -0.39 is 12.0 Å². The quantitative estimate of drug-likeness (QED) is 0.585. The summed E-state index contributed by atoms with van der Waals surface area (Å²) in [6.07, 6.45) is 0.757. The summed E-state index contributed by atoms with van der Waals surface area (Å²) in [7, 11) is 1.54. The molecule has 0 fully saturated rings. The summed E-state index contributed by atoms with van der Waals surface area (Å²) in [5, 5.41) is 5.75. The molecule has 1 atom stereocenters. The molecule has 8 nitrogen and oxygen atoms in total. The largest absolute Gasteiger partial charge is 0.497 e. The fourth-order valence-electron chi connectivity index (χ4n) is 3.72. The lowest BCUT2D eigenvalue weighted by atomic mass is 9.94. The van der Waals surface area contributed by atoms with Gasteiger partial charge in [-0.15, -0.1) is 0 Å². The zero-order valence-corrected chi connectivity index (χ0v) is 19.3. The lowest BCUT2D eigenvalue weighted by Gasteiger charge is -2.35. The van der Waals surface area contributed by atoms with Gasteiger partial charge < -0.3 is 20.1 Å². The summed E-state index contributed by atoms with van der Waals surface area (Å²) in [5.74, 6) is -0.140. The molecule has 8 heteroatoms. The van der Waals surface area contributed by atoms with Gasteiger partial charge in [-0.2, -0.15) is 0 Å². The molecule has 1 unspecified atom stereocenters. The van der Waals surface area contributed by atoms with Crippen molar-refractivity contribution in [1.82, 2.24) is 10.2 Å². The van der Waals surface area contributed by atoms with Crippen LogP contribution in [0.3, 0.4) is 0 Å². The monoisotopic (exact) mass is 451 g/mol. The molecule has 2 aromatic rings. The lowest BCUT2D eigenvalue weighted by Crippen LogP contribution is -2.48. The van der Waals surface area contributed by atoms with Crippen molar-refractivity contribution in [1.29, 1.82) is 0 Å². The predicted octanol–water partition coefficient (Wildman–Crippen LogP) is 4.26. The summed E-state index contributed by atoms with van der Waals surface area (Å²) in [6.45, 7) is 6.21. The van der Waals surface area contributed by atoms with E-state index >= 15 is 0 Å². The molecule has 2 N–H and O–H groups in total. The number of nitrogens with one attached hydrogen (secondary N) is 2. The highest BCUT2D eigenvalue weighted by atomic mass is 16.5. The molecule has 0 saturated heterocycles. The molecule has 0 saturated carbocycles. The smallest absolute Gasteiger partial charge is 0.338 e. The molecule has 0 aromatic heterocycles. The first-order chi connectivity index (χ1) is 15.9. The molecule has 3 amide bonds. The summed E-state index contributed by atoms with van der Waals surface area (Å²) in [4.78, 5) is 39.6. The van der Waals surface area contributed by atoms with Gasteiger partial charge in [-0.3, -0.25) is 9.69 Å². The summed E-state index contributed by atoms with van der Waals surface area (Å²) < 4.78 is 10.4. The Kier molecular flexibility index (Phi) is 7.71. The van der Waals surface area contributed by atoms with Gasteiger partial charge in [-0.1, -0.05) is 25.1 Å². The molecule has 1 aliphatic heterocycles. The number of carbonyl (C=O) groups is 3. The Morgan fingerprint density at radius 1 is 1.12 bits per heavy atom. The van der Waals surface area contributed by atoms with Crippen LogP contribution in [0.2, 0.25) is 0 Å². The van der Waals surface area contributed by atoms with Crippen molar-refractivity contribution in [3.63, 3.8) is 0 Å². The molecule has 3 rings (SSSR count). The first kappa shape index (κ1) is 23.8. The number of ether oxygens (including phenoxy) is 2. The second-order valence-corrected chi connectivity index (χ2v) is 7.56. The standard InChI is InChI=1S/C25H29N3O5/c1-5-14-28-16(3)21(24(30)33-6-2)22(27-25(28)31)17-10-12-19(13-11-17)26-23(29)18-8-7-9-20(15-18)32-4/h7-13,15,22H,5-6,14H2,1-4H3,(H,26,29)(H,27,31). The topological polar surface area (TPSA) is 97.0 Å². The van der Waals surface area contributed by atoms with Crippen molar-refractivity contribution in [3.05, 3.63) is 70.9 Å². The zero-order chi connectivity index (χ0) is 24.0. The number of allylic oxidation sites excluding steroid dienone is 1. The Bertz CT molecular complexity index is 1060. The highest BCUT2D eigenvalue weighted by molar-refractivity contribution is 6.04. The number of carbonyl (C=O) groups excluding carboxylic acids is 3. The Labute approximate surface area is 193 Å². The fraction of sp³-hybridized carbons (Fsp3) is 0.320. The molecule has 1 aliphatic rings. The molecule has 0 bridgehead atoms. The van der Waals surface area contributed by atoms with Crippen LogP contribution in [0.1, 0.15) is 49.2 Å². The Morgan fingerprint density at radius 2 is 1.85 bits per heavy atom. The number of hydrogen-bond donors (Lipinski definition) is 2. The Morgan fingerprint density at radius 3 is 2.48 bits per heavy atom. The van der Waals surface area contributed by atoms with E-state index in [1.165, 1.54) is 0 Å². The number of methoxy groups -OCH3 is 1. The first-order valence-corrected chi connectivity index (χ1v) is 10.9. The first-order valence-electron chi connectivity index (χ1n) is 10.9. The van der Waals surface area contributed by atoms with E-state index in [2.05, 4.69) is 10.6 Å². The highest BCUT2D eigenvalue weighted by Crippen LogP contribution is 2.32. The van der Waals surface area contributed by atoms with E-state index in [4.69, 9.17) is 9.47 Å². The van der Waals surface area contributed by atoms with Gasteiger partial charge in [0.2, 0.25) is 0 Å². The SMILES string of the molecule is CCCN1C(=O)NC(c2ccc(NC(=O)c3cccc(OC)c3)cc2)C(C(=O)OCC)=C1C. The van der Waals surface area contributed by atoms with Crippen molar-refractivity contribution >= 4 is 23.6 Å².